The normalized spacial score (nSPS) is 11.5. The second-order valence-electron chi connectivity index (χ2n) is 12.6. The zero-order valence-electron chi connectivity index (χ0n) is 31.6. The molecule has 6 rings (SSSR count). The number of amides is 4. The van der Waals surface area contributed by atoms with E-state index in [2.05, 4.69) is 40.9 Å². The Labute approximate surface area is 319 Å². The SMILES string of the molecule is CCc1nc(C)oc1C(=O)Nc1nc2cc(C(N)=O)cnc2n1C/C=C/Cn1c(NC(=O)c2oc(C)nc2CC)nc2cc(C(N)=O)cc(OCCCNC)c21. The number of aromatic nitrogens is 7. The van der Waals surface area contributed by atoms with Crippen LogP contribution in [0.1, 0.15) is 85.3 Å². The van der Waals surface area contributed by atoms with E-state index in [1.165, 1.54) is 18.3 Å². The Kier molecular flexibility index (Phi) is 11.5. The summed E-state index contributed by atoms with van der Waals surface area (Å²) < 4.78 is 20.8. The number of hydrogen-bond donors (Lipinski definition) is 5. The number of carbonyl (C=O) groups is 4. The van der Waals surface area contributed by atoms with Crippen LogP contribution in [0, 0.1) is 13.8 Å². The van der Waals surface area contributed by atoms with E-state index in [-0.39, 0.29) is 47.6 Å². The molecular formula is C37H42N12O7. The highest BCUT2D eigenvalue weighted by molar-refractivity contribution is 6.05. The first kappa shape index (κ1) is 38.8. The van der Waals surface area contributed by atoms with Crippen molar-refractivity contribution in [1.82, 2.24) is 39.4 Å². The number of nitrogens with two attached hydrogens (primary N) is 2. The number of benzene rings is 1. The third-order valence-electron chi connectivity index (χ3n) is 8.67. The van der Waals surface area contributed by atoms with Crippen molar-refractivity contribution in [3.8, 4) is 5.75 Å². The molecule has 0 saturated heterocycles. The van der Waals surface area contributed by atoms with Gasteiger partial charge in [-0.2, -0.15) is 0 Å². The second kappa shape index (κ2) is 16.6. The Morgan fingerprint density at radius 3 is 1.91 bits per heavy atom. The van der Waals surface area contributed by atoms with Gasteiger partial charge in [0, 0.05) is 38.7 Å². The minimum Gasteiger partial charge on any atom is -0.491 e. The van der Waals surface area contributed by atoms with Gasteiger partial charge in [0.25, 0.3) is 11.8 Å². The molecule has 19 heteroatoms. The van der Waals surface area contributed by atoms with Gasteiger partial charge in [0.05, 0.1) is 29.1 Å². The molecule has 0 unspecified atom stereocenters. The molecule has 0 saturated carbocycles. The quantitative estimate of drug-likeness (QED) is 0.0659. The number of pyridine rings is 1. The summed E-state index contributed by atoms with van der Waals surface area (Å²) in [4.78, 5) is 73.5. The molecule has 0 bridgehead atoms. The second-order valence-corrected chi connectivity index (χ2v) is 12.6. The number of ether oxygens (including phenoxy) is 1. The maximum Gasteiger partial charge on any atom is 0.295 e. The molecule has 56 heavy (non-hydrogen) atoms. The lowest BCUT2D eigenvalue weighted by molar-refractivity contribution is 0.0985. The topological polar surface area (TPSA) is 266 Å². The lowest BCUT2D eigenvalue weighted by Gasteiger charge is -2.13. The molecule has 5 aromatic heterocycles. The van der Waals surface area contributed by atoms with Crippen molar-refractivity contribution < 1.29 is 32.7 Å². The first-order valence-electron chi connectivity index (χ1n) is 17.9. The molecule has 0 atom stereocenters. The summed E-state index contributed by atoms with van der Waals surface area (Å²) in [6.07, 6.45) is 6.55. The van der Waals surface area contributed by atoms with Crippen molar-refractivity contribution in [3.63, 3.8) is 0 Å². The monoisotopic (exact) mass is 766 g/mol. The third kappa shape index (κ3) is 8.11. The van der Waals surface area contributed by atoms with Gasteiger partial charge in [-0.3, -0.25) is 34.4 Å². The number of primary amides is 2. The van der Waals surface area contributed by atoms with Crippen molar-refractivity contribution in [3.05, 3.63) is 82.4 Å². The van der Waals surface area contributed by atoms with Crippen LogP contribution in [-0.4, -0.2) is 77.9 Å². The molecule has 292 valence electrons. The molecule has 19 nitrogen and oxygen atoms in total. The summed E-state index contributed by atoms with van der Waals surface area (Å²) in [6, 6.07) is 4.56. The number of allylic oxidation sites excluding steroid dienone is 2. The molecule has 0 aliphatic rings. The molecule has 1 aromatic carbocycles. The van der Waals surface area contributed by atoms with E-state index in [1.54, 1.807) is 35.1 Å². The van der Waals surface area contributed by atoms with Crippen LogP contribution >= 0.6 is 0 Å². The summed E-state index contributed by atoms with van der Waals surface area (Å²) in [5, 5.41) is 8.71. The molecule has 0 radical (unpaired) electrons. The van der Waals surface area contributed by atoms with Crippen LogP contribution in [0.15, 0.2) is 45.4 Å². The maximum atomic E-state index is 13.6. The summed E-state index contributed by atoms with van der Waals surface area (Å²) in [7, 11) is 1.83. The zero-order chi connectivity index (χ0) is 40.1. The first-order chi connectivity index (χ1) is 26.9. The fraction of sp³-hybridized carbons (Fsp3) is 0.324. The average Bonchev–Trinajstić information content (AvgIpc) is 3.93. The number of nitrogens with one attached hydrogen (secondary N) is 3. The van der Waals surface area contributed by atoms with E-state index >= 15 is 0 Å². The number of oxazole rings is 2. The van der Waals surface area contributed by atoms with Crippen LogP contribution in [0.5, 0.6) is 5.75 Å². The molecular weight excluding hydrogens is 724 g/mol. The molecule has 4 amide bonds. The predicted molar refractivity (Wildman–Crippen MR) is 205 cm³/mol. The molecule has 0 aliphatic heterocycles. The minimum absolute atomic E-state index is 0.0561. The van der Waals surface area contributed by atoms with Crippen molar-refractivity contribution in [1.29, 1.82) is 0 Å². The number of hydrogen-bond acceptors (Lipinski definition) is 13. The smallest absolute Gasteiger partial charge is 0.295 e. The first-order valence-corrected chi connectivity index (χ1v) is 17.9. The summed E-state index contributed by atoms with van der Waals surface area (Å²) >= 11 is 0. The average molecular weight is 767 g/mol. The molecule has 0 fully saturated rings. The Bertz CT molecular complexity index is 2490. The Morgan fingerprint density at radius 1 is 0.786 bits per heavy atom. The van der Waals surface area contributed by atoms with Crippen LogP contribution < -0.4 is 32.2 Å². The number of carbonyl (C=O) groups excluding carboxylic acids is 4. The molecule has 6 aromatic rings. The third-order valence-corrected chi connectivity index (χ3v) is 8.67. The number of anilines is 2. The number of imidazole rings is 2. The minimum atomic E-state index is -0.683. The predicted octanol–water partition coefficient (Wildman–Crippen LogP) is 3.45. The van der Waals surface area contributed by atoms with E-state index in [9.17, 15) is 19.2 Å². The molecule has 0 spiro atoms. The van der Waals surface area contributed by atoms with Crippen molar-refractivity contribution in [2.75, 3.05) is 30.8 Å². The van der Waals surface area contributed by atoms with E-state index in [1.807, 2.05) is 27.0 Å². The van der Waals surface area contributed by atoms with Crippen LogP contribution in [-0.2, 0) is 25.9 Å². The maximum absolute atomic E-state index is 13.6. The molecule has 7 N–H and O–H groups in total. The lowest BCUT2D eigenvalue weighted by atomic mass is 10.1. The van der Waals surface area contributed by atoms with Crippen molar-refractivity contribution in [2.45, 2.75) is 60.0 Å². The highest BCUT2D eigenvalue weighted by atomic mass is 16.5. The highest BCUT2D eigenvalue weighted by Crippen LogP contribution is 2.32. The van der Waals surface area contributed by atoms with Gasteiger partial charge >= 0.3 is 0 Å². The number of rotatable bonds is 17. The van der Waals surface area contributed by atoms with Crippen LogP contribution in [0.25, 0.3) is 22.2 Å². The fourth-order valence-corrected chi connectivity index (χ4v) is 6.05. The van der Waals surface area contributed by atoms with E-state index in [4.69, 9.17) is 25.0 Å². The van der Waals surface area contributed by atoms with Crippen molar-refractivity contribution >= 4 is 57.7 Å². The van der Waals surface area contributed by atoms with Crippen LogP contribution in [0.2, 0.25) is 0 Å². The van der Waals surface area contributed by atoms with Gasteiger partial charge in [0.15, 0.2) is 17.4 Å². The van der Waals surface area contributed by atoms with Gasteiger partial charge in [0.2, 0.25) is 35.2 Å². The van der Waals surface area contributed by atoms with Gasteiger partial charge in [0.1, 0.15) is 16.8 Å². The Morgan fingerprint density at radius 2 is 1.34 bits per heavy atom. The van der Waals surface area contributed by atoms with Crippen LogP contribution in [0.4, 0.5) is 11.9 Å². The summed E-state index contributed by atoms with van der Waals surface area (Å²) in [5.74, 6) is -1.06. The fourth-order valence-electron chi connectivity index (χ4n) is 6.05. The number of aryl methyl sites for hydroxylation is 4. The van der Waals surface area contributed by atoms with Crippen LogP contribution in [0.3, 0.4) is 0 Å². The van der Waals surface area contributed by atoms with Gasteiger partial charge in [-0.25, -0.2) is 24.9 Å². The Hall–Kier alpha value is -6.89. The van der Waals surface area contributed by atoms with Gasteiger partial charge < -0.3 is 34.9 Å². The molecule has 5 heterocycles. The van der Waals surface area contributed by atoms with E-state index < -0.39 is 23.6 Å². The highest BCUT2D eigenvalue weighted by Gasteiger charge is 2.24. The number of nitrogens with zero attached hydrogens (tertiary/aromatic N) is 7. The van der Waals surface area contributed by atoms with E-state index in [0.717, 1.165) is 0 Å². The lowest BCUT2D eigenvalue weighted by Crippen LogP contribution is -2.17. The Balaban J connectivity index is 1.37. The van der Waals surface area contributed by atoms with Gasteiger partial charge in [-0.15, -0.1) is 0 Å². The van der Waals surface area contributed by atoms with Crippen molar-refractivity contribution in [2.24, 2.45) is 11.5 Å². The van der Waals surface area contributed by atoms with Gasteiger partial charge in [-0.1, -0.05) is 26.0 Å². The number of fused-ring (bicyclic) bond motifs is 2. The summed E-state index contributed by atoms with van der Waals surface area (Å²) in [6.45, 7) is 8.34. The molecule has 0 aliphatic carbocycles. The van der Waals surface area contributed by atoms with E-state index in [0.29, 0.717) is 83.5 Å². The summed E-state index contributed by atoms with van der Waals surface area (Å²) in [5.41, 5.74) is 14.0. The zero-order valence-corrected chi connectivity index (χ0v) is 31.6. The van der Waals surface area contributed by atoms with Gasteiger partial charge in [-0.05, 0) is 51.1 Å². The standard InChI is InChI=1S/C37H42N12O7/c1-6-23-29(55-19(3)42-23)34(52)46-36-44-25-15-21(31(38)50)17-27(54-14-10-11-40-5)28(25)48(36)12-8-9-13-49-33-26(16-22(18-41-33)32(39)51)45-37(49)47-35(53)30-24(7-2)43-20(4)56-30/h8-9,15-18,40H,6-7,10-14H2,1-5H3,(H2,38,50)(H2,39,51)(H,44,46,52)(H,45,47,53)/b9-8+. The largest absolute Gasteiger partial charge is 0.491 e.